The second kappa shape index (κ2) is 11.3. The van der Waals surface area contributed by atoms with Crippen molar-refractivity contribution in [2.24, 2.45) is 0 Å². The number of hydrogen-bond acceptors (Lipinski definition) is 4. The topological polar surface area (TPSA) is 43.6 Å². The summed E-state index contributed by atoms with van der Waals surface area (Å²) in [5, 5.41) is 4.89. The Morgan fingerprint density at radius 1 is 0.472 bits per heavy atom. The summed E-state index contributed by atoms with van der Waals surface area (Å²) in [5.41, 5.74) is 11.6. The van der Waals surface area contributed by atoms with Gasteiger partial charge in [-0.25, -0.2) is 4.98 Å². The zero-order valence-corrected chi connectivity index (χ0v) is 30.0. The van der Waals surface area contributed by atoms with Gasteiger partial charge >= 0.3 is 0 Å². The molecule has 0 atom stereocenters. The van der Waals surface area contributed by atoms with E-state index in [-0.39, 0.29) is 5.41 Å². The van der Waals surface area contributed by atoms with Crippen LogP contribution in [-0.4, -0.2) is 19.5 Å². The van der Waals surface area contributed by atoms with Crippen molar-refractivity contribution in [2.75, 3.05) is 0 Å². The molecule has 7 aromatic carbocycles. The van der Waals surface area contributed by atoms with Gasteiger partial charge in [0.05, 0.1) is 11.0 Å². The summed E-state index contributed by atoms with van der Waals surface area (Å²) in [6, 6.07) is 56.3. The fraction of sp³-hybridized carbons (Fsp3) is 0.0625. The van der Waals surface area contributed by atoms with Crippen LogP contribution in [0.5, 0.6) is 0 Å². The highest BCUT2D eigenvalue weighted by Gasteiger charge is 2.37. The smallest absolute Gasteiger partial charge is 0.238 e. The number of rotatable bonds is 4. The van der Waals surface area contributed by atoms with Crippen LogP contribution in [0.15, 0.2) is 158 Å². The van der Waals surface area contributed by atoms with Gasteiger partial charge in [-0.2, -0.15) is 9.97 Å². The summed E-state index contributed by atoms with van der Waals surface area (Å²) in [7, 11) is 0. The Kier molecular flexibility index (Phi) is 6.43. The lowest BCUT2D eigenvalue weighted by Crippen LogP contribution is -2.14. The average Bonchev–Trinajstić information content (AvgIpc) is 3.84. The molecule has 0 N–H and O–H groups in total. The van der Waals surface area contributed by atoms with E-state index < -0.39 is 0 Å². The summed E-state index contributed by atoms with van der Waals surface area (Å²) < 4.78 is 4.67. The molecule has 10 aromatic rings. The molecule has 1 aliphatic rings. The van der Waals surface area contributed by atoms with E-state index in [1.165, 1.54) is 58.8 Å². The lowest BCUT2D eigenvalue weighted by atomic mass is 9.82. The molecular formula is C48H32N4S. The van der Waals surface area contributed by atoms with Gasteiger partial charge in [-0.3, -0.25) is 4.57 Å². The Hall–Kier alpha value is -6.43. The summed E-state index contributed by atoms with van der Waals surface area (Å²) in [4.78, 5) is 15.9. The second-order valence-corrected chi connectivity index (χ2v) is 15.5. The molecule has 250 valence electrons. The minimum absolute atomic E-state index is 0.105. The maximum absolute atomic E-state index is 5.37. The monoisotopic (exact) mass is 696 g/mol. The summed E-state index contributed by atoms with van der Waals surface area (Å²) in [5.74, 6) is 1.90. The van der Waals surface area contributed by atoms with Gasteiger partial charge in [0.15, 0.2) is 11.6 Å². The summed E-state index contributed by atoms with van der Waals surface area (Å²) in [6.45, 7) is 4.68. The number of benzene rings is 7. The second-order valence-electron chi connectivity index (χ2n) is 14.4. The molecule has 4 nitrogen and oxygen atoms in total. The molecule has 1 aliphatic carbocycles. The molecule has 0 aliphatic heterocycles. The SMILES string of the molecule is CC1(C)c2ccccc2-c2c1ccc1c2c2ccccc2n1-c1nc(-c2ccc(-c3ccccc3)cc2)nc(-c2cccc3c2sc2ccccc23)n1. The first-order valence-corrected chi connectivity index (χ1v) is 18.9. The highest BCUT2D eigenvalue weighted by molar-refractivity contribution is 7.26. The molecule has 0 saturated heterocycles. The molecule has 53 heavy (non-hydrogen) atoms. The van der Waals surface area contributed by atoms with E-state index in [0.717, 1.165) is 27.7 Å². The maximum atomic E-state index is 5.37. The van der Waals surface area contributed by atoms with E-state index >= 15 is 0 Å². The third-order valence-electron chi connectivity index (χ3n) is 11.1. The first-order valence-electron chi connectivity index (χ1n) is 18.0. The Labute approximate surface area is 310 Å². The maximum Gasteiger partial charge on any atom is 0.238 e. The van der Waals surface area contributed by atoms with Crippen molar-refractivity contribution in [2.45, 2.75) is 19.3 Å². The van der Waals surface area contributed by atoms with Crippen molar-refractivity contribution in [3.8, 4) is 51.0 Å². The standard InChI is InChI=1S/C48H32N4S/c1-48(2)37-20-9-6-16-34(37)42-38(48)27-28-40-43(42)35-17-7-10-21-39(35)52(40)47-50-45(31-25-23-30(24-26-31)29-13-4-3-5-14-29)49-46(51-47)36-19-12-18-33-32-15-8-11-22-41(32)53-44(33)36/h3-28H,1-2H3. The Morgan fingerprint density at radius 2 is 1.13 bits per heavy atom. The third kappa shape index (κ3) is 4.44. The Bertz CT molecular complexity index is 3080. The van der Waals surface area contributed by atoms with Gasteiger partial charge in [-0.1, -0.05) is 147 Å². The molecule has 0 spiro atoms. The van der Waals surface area contributed by atoms with Crippen molar-refractivity contribution >= 4 is 53.3 Å². The highest BCUT2D eigenvalue weighted by atomic mass is 32.1. The van der Waals surface area contributed by atoms with E-state index in [2.05, 4.69) is 170 Å². The largest absolute Gasteiger partial charge is 0.278 e. The van der Waals surface area contributed by atoms with Crippen molar-refractivity contribution in [3.05, 3.63) is 169 Å². The van der Waals surface area contributed by atoms with Crippen LogP contribution in [0.25, 0.3) is 93.0 Å². The van der Waals surface area contributed by atoms with Crippen molar-refractivity contribution in [1.29, 1.82) is 0 Å². The number of aromatic nitrogens is 4. The zero-order chi connectivity index (χ0) is 35.3. The van der Waals surface area contributed by atoms with Crippen LogP contribution in [0.2, 0.25) is 0 Å². The molecule has 0 bridgehead atoms. The summed E-state index contributed by atoms with van der Waals surface area (Å²) >= 11 is 1.79. The van der Waals surface area contributed by atoms with Crippen molar-refractivity contribution in [1.82, 2.24) is 19.5 Å². The lowest BCUT2D eigenvalue weighted by molar-refractivity contribution is 0.661. The summed E-state index contributed by atoms with van der Waals surface area (Å²) in [6.07, 6.45) is 0. The molecule has 5 heteroatoms. The fourth-order valence-corrected chi connectivity index (χ4v) is 9.76. The van der Waals surface area contributed by atoms with Crippen LogP contribution < -0.4 is 0 Å². The van der Waals surface area contributed by atoms with E-state index in [1.807, 2.05) is 6.07 Å². The number of thiophene rings is 1. The lowest BCUT2D eigenvalue weighted by Gasteiger charge is -2.21. The minimum Gasteiger partial charge on any atom is -0.278 e. The van der Waals surface area contributed by atoms with Gasteiger partial charge in [-0.05, 0) is 57.6 Å². The van der Waals surface area contributed by atoms with Gasteiger partial charge in [0.25, 0.3) is 0 Å². The highest BCUT2D eigenvalue weighted by Crippen LogP contribution is 2.53. The molecule has 0 radical (unpaired) electrons. The van der Waals surface area contributed by atoms with Gasteiger partial charge < -0.3 is 0 Å². The molecule has 0 amide bonds. The molecule has 0 unspecified atom stereocenters. The van der Waals surface area contributed by atoms with E-state index in [4.69, 9.17) is 15.0 Å². The van der Waals surface area contributed by atoms with Gasteiger partial charge in [0.1, 0.15) is 0 Å². The van der Waals surface area contributed by atoms with Crippen molar-refractivity contribution in [3.63, 3.8) is 0 Å². The zero-order valence-electron chi connectivity index (χ0n) is 29.2. The van der Waals surface area contributed by atoms with Gasteiger partial charge in [-0.15, -0.1) is 11.3 Å². The number of para-hydroxylation sites is 1. The number of nitrogens with zero attached hydrogens (tertiary/aromatic N) is 4. The van der Waals surface area contributed by atoms with Gasteiger partial charge in [0.2, 0.25) is 5.95 Å². The van der Waals surface area contributed by atoms with Gasteiger partial charge in [0, 0.05) is 47.5 Å². The van der Waals surface area contributed by atoms with Crippen LogP contribution in [0.4, 0.5) is 0 Å². The molecule has 0 saturated carbocycles. The van der Waals surface area contributed by atoms with E-state index in [9.17, 15) is 0 Å². The first kappa shape index (κ1) is 30.2. The van der Waals surface area contributed by atoms with E-state index in [0.29, 0.717) is 17.6 Å². The van der Waals surface area contributed by atoms with Crippen LogP contribution in [0.1, 0.15) is 25.0 Å². The molecular weight excluding hydrogens is 665 g/mol. The van der Waals surface area contributed by atoms with Crippen LogP contribution in [-0.2, 0) is 5.41 Å². The molecule has 3 aromatic heterocycles. The van der Waals surface area contributed by atoms with Crippen LogP contribution >= 0.6 is 11.3 Å². The fourth-order valence-electron chi connectivity index (χ4n) is 8.55. The predicted molar refractivity (Wildman–Crippen MR) is 221 cm³/mol. The number of hydrogen-bond donors (Lipinski definition) is 0. The molecule has 11 rings (SSSR count). The Balaban J connectivity index is 1.20. The molecule has 0 fully saturated rings. The molecule has 3 heterocycles. The normalized spacial score (nSPS) is 13.2. The number of fused-ring (bicyclic) bond motifs is 10. The van der Waals surface area contributed by atoms with E-state index in [1.54, 1.807) is 11.3 Å². The Morgan fingerprint density at radius 3 is 2.00 bits per heavy atom. The third-order valence-corrected chi connectivity index (χ3v) is 12.3. The first-order chi connectivity index (χ1) is 26.0. The minimum atomic E-state index is -0.105. The van der Waals surface area contributed by atoms with Crippen LogP contribution in [0, 0.1) is 0 Å². The average molecular weight is 697 g/mol. The van der Waals surface area contributed by atoms with Crippen LogP contribution in [0.3, 0.4) is 0 Å². The predicted octanol–water partition coefficient (Wildman–Crippen LogP) is 12.6. The van der Waals surface area contributed by atoms with Crippen molar-refractivity contribution < 1.29 is 0 Å². The quantitative estimate of drug-likeness (QED) is 0.184.